The molecule has 1 saturated heterocycles. The molecule has 1 aliphatic heterocycles. The average molecular weight is 410 g/mol. The second-order valence-electron chi connectivity index (χ2n) is 7.79. The topological polar surface area (TPSA) is 56.5 Å². The lowest BCUT2D eigenvalue weighted by atomic mass is 9.98. The maximum atomic E-state index is 12.8. The average Bonchev–Trinajstić information content (AvgIpc) is 2.97. The summed E-state index contributed by atoms with van der Waals surface area (Å²) in [6, 6.07) is 7.35. The van der Waals surface area contributed by atoms with Gasteiger partial charge in [0.15, 0.2) is 0 Å². The number of imidazole rings is 1. The number of fused-ring (bicyclic) bond motifs is 1. The highest BCUT2D eigenvalue weighted by atomic mass is 35.5. The predicted molar refractivity (Wildman–Crippen MR) is 115 cm³/mol. The van der Waals surface area contributed by atoms with Gasteiger partial charge in [-0.3, -0.25) is 4.57 Å². The third kappa shape index (κ3) is 4.78. The largest absolute Gasteiger partial charge is 0.449 e. The fourth-order valence-electron chi connectivity index (χ4n) is 3.86. The number of likely N-dealkylation sites (tertiary alicyclic amines) is 1. The molecule has 0 aliphatic carbocycles. The van der Waals surface area contributed by atoms with Crippen molar-refractivity contribution in [1.82, 2.24) is 14.0 Å². The minimum absolute atomic E-state index is 0. The van der Waals surface area contributed by atoms with E-state index in [1.54, 1.807) is 10.6 Å². The molecule has 0 saturated carbocycles. The number of halogens is 1. The number of piperidine rings is 1. The van der Waals surface area contributed by atoms with Crippen molar-refractivity contribution >= 4 is 29.5 Å². The summed E-state index contributed by atoms with van der Waals surface area (Å²) in [5.41, 5.74) is 1.04. The van der Waals surface area contributed by atoms with E-state index in [4.69, 9.17) is 4.74 Å². The smallest absolute Gasteiger partial charge is 0.422 e. The normalized spacial score (nSPS) is 15.7. The molecular weight excluding hydrogens is 378 g/mol. The van der Waals surface area contributed by atoms with E-state index in [2.05, 4.69) is 11.8 Å². The fourth-order valence-corrected chi connectivity index (χ4v) is 3.86. The first kappa shape index (κ1) is 22.5. The number of carbonyl (C=O) groups is 1. The summed E-state index contributed by atoms with van der Waals surface area (Å²) in [4.78, 5) is 28.0. The standard InChI is InChI=1S/C21H31N3O3.ClH/c1-4-5-12-22-13-10-17(11-14-22)15-27-21(26)24-19-9-7-6-8-18(19)23(16(2)3)20(24)25;/h6-9,16-17H,4-5,10-15H2,1-3H3;1H. The molecule has 1 aromatic carbocycles. The van der Waals surface area contributed by atoms with Gasteiger partial charge in [-0.1, -0.05) is 25.5 Å². The molecule has 1 aromatic heterocycles. The van der Waals surface area contributed by atoms with Crippen LogP contribution < -0.4 is 5.69 Å². The second kappa shape index (κ2) is 10.1. The van der Waals surface area contributed by atoms with Crippen molar-refractivity contribution in [2.24, 2.45) is 5.92 Å². The summed E-state index contributed by atoms with van der Waals surface area (Å²) in [7, 11) is 0. The minimum atomic E-state index is -0.566. The predicted octanol–water partition coefficient (Wildman–Crippen LogP) is 4.30. The Morgan fingerprint density at radius 3 is 2.43 bits per heavy atom. The first-order valence-electron chi connectivity index (χ1n) is 10.1. The van der Waals surface area contributed by atoms with Crippen molar-refractivity contribution in [3.63, 3.8) is 0 Å². The van der Waals surface area contributed by atoms with Gasteiger partial charge in [-0.15, -0.1) is 12.4 Å². The quantitative estimate of drug-likeness (QED) is 0.713. The Morgan fingerprint density at radius 1 is 1.18 bits per heavy atom. The zero-order chi connectivity index (χ0) is 19.4. The monoisotopic (exact) mass is 409 g/mol. The van der Waals surface area contributed by atoms with E-state index in [0.29, 0.717) is 18.0 Å². The van der Waals surface area contributed by atoms with Crippen molar-refractivity contribution in [3.05, 3.63) is 34.7 Å². The molecule has 0 bridgehead atoms. The van der Waals surface area contributed by atoms with Crippen LogP contribution in [0.1, 0.15) is 52.5 Å². The molecule has 3 rings (SSSR count). The van der Waals surface area contributed by atoms with Crippen molar-refractivity contribution in [3.8, 4) is 0 Å². The van der Waals surface area contributed by atoms with Crippen LogP contribution in [-0.4, -0.2) is 46.4 Å². The number of aromatic nitrogens is 2. The van der Waals surface area contributed by atoms with Gasteiger partial charge in [0, 0.05) is 6.04 Å². The Bertz CT molecular complexity index is 835. The van der Waals surface area contributed by atoms with Crippen molar-refractivity contribution < 1.29 is 9.53 Å². The molecular formula is C21H32ClN3O3. The Balaban J connectivity index is 0.00000280. The van der Waals surface area contributed by atoms with Gasteiger partial charge in [-0.25, -0.2) is 9.59 Å². The third-order valence-corrected chi connectivity index (χ3v) is 5.46. The van der Waals surface area contributed by atoms with Crippen molar-refractivity contribution in [2.45, 2.75) is 52.5 Å². The summed E-state index contributed by atoms with van der Waals surface area (Å²) in [6.45, 7) is 9.76. The molecule has 28 heavy (non-hydrogen) atoms. The van der Waals surface area contributed by atoms with Crippen LogP contribution >= 0.6 is 12.4 Å². The van der Waals surface area contributed by atoms with Gasteiger partial charge < -0.3 is 9.64 Å². The molecule has 6 nitrogen and oxygen atoms in total. The minimum Gasteiger partial charge on any atom is -0.449 e. The molecule has 2 heterocycles. The van der Waals surface area contributed by atoms with E-state index in [9.17, 15) is 9.59 Å². The number of nitrogens with zero attached hydrogens (tertiary/aromatic N) is 3. The molecule has 0 atom stereocenters. The molecule has 0 radical (unpaired) electrons. The van der Waals surface area contributed by atoms with Crippen LogP contribution in [0, 0.1) is 5.92 Å². The third-order valence-electron chi connectivity index (χ3n) is 5.46. The van der Waals surface area contributed by atoms with Crippen LogP contribution in [0.2, 0.25) is 0 Å². The van der Waals surface area contributed by atoms with E-state index < -0.39 is 6.09 Å². The fraction of sp³-hybridized carbons (Fsp3) is 0.619. The van der Waals surface area contributed by atoms with E-state index in [1.807, 2.05) is 32.0 Å². The van der Waals surface area contributed by atoms with E-state index in [-0.39, 0.29) is 24.1 Å². The number of para-hydroxylation sites is 2. The summed E-state index contributed by atoms with van der Waals surface area (Å²) >= 11 is 0. The Morgan fingerprint density at radius 2 is 1.82 bits per heavy atom. The van der Waals surface area contributed by atoms with Crippen molar-refractivity contribution in [1.29, 1.82) is 0 Å². The zero-order valence-electron chi connectivity index (χ0n) is 17.1. The molecule has 0 amide bonds. The number of ether oxygens (including phenoxy) is 1. The molecule has 0 spiro atoms. The summed E-state index contributed by atoms with van der Waals surface area (Å²) in [5, 5.41) is 0. The SMILES string of the molecule is CCCCN1CCC(COC(=O)n2c(=O)n(C(C)C)c3ccccc32)CC1.Cl. The molecule has 7 heteroatoms. The molecule has 156 valence electrons. The van der Waals surface area contributed by atoms with Crippen LogP contribution in [0.4, 0.5) is 4.79 Å². The first-order chi connectivity index (χ1) is 13.0. The van der Waals surface area contributed by atoms with Crippen LogP contribution in [0.5, 0.6) is 0 Å². The highest BCUT2D eigenvalue weighted by Gasteiger charge is 2.23. The lowest BCUT2D eigenvalue weighted by Gasteiger charge is -2.31. The zero-order valence-corrected chi connectivity index (χ0v) is 17.9. The van der Waals surface area contributed by atoms with E-state index in [1.165, 1.54) is 17.4 Å². The Kier molecular flexibility index (Phi) is 8.13. The summed E-state index contributed by atoms with van der Waals surface area (Å²) < 4.78 is 8.37. The second-order valence-corrected chi connectivity index (χ2v) is 7.79. The molecule has 1 fully saturated rings. The summed E-state index contributed by atoms with van der Waals surface area (Å²) in [6.07, 6.45) is 3.97. The van der Waals surface area contributed by atoms with Gasteiger partial charge >= 0.3 is 11.8 Å². The molecule has 0 unspecified atom stereocenters. The highest BCUT2D eigenvalue weighted by Crippen LogP contribution is 2.20. The number of carbonyl (C=O) groups excluding carboxylic acids is 1. The lowest BCUT2D eigenvalue weighted by Crippen LogP contribution is -2.37. The number of benzene rings is 1. The van der Waals surface area contributed by atoms with Gasteiger partial charge in [0.05, 0.1) is 17.6 Å². The number of hydrogen-bond donors (Lipinski definition) is 0. The molecule has 1 aliphatic rings. The Labute approximate surface area is 172 Å². The van der Waals surface area contributed by atoms with E-state index in [0.717, 1.165) is 38.0 Å². The van der Waals surface area contributed by atoms with Crippen LogP contribution in [-0.2, 0) is 4.74 Å². The number of hydrogen-bond acceptors (Lipinski definition) is 4. The van der Waals surface area contributed by atoms with Crippen LogP contribution in [0.25, 0.3) is 11.0 Å². The van der Waals surface area contributed by atoms with Crippen molar-refractivity contribution in [2.75, 3.05) is 26.2 Å². The van der Waals surface area contributed by atoms with Gasteiger partial charge in [0.1, 0.15) is 0 Å². The number of unbranched alkanes of at least 4 members (excludes halogenated alkanes) is 1. The van der Waals surface area contributed by atoms with Gasteiger partial charge in [-0.2, -0.15) is 4.57 Å². The highest BCUT2D eigenvalue weighted by molar-refractivity contribution is 5.87. The Hall–Kier alpha value is -1.79. The summed E-state index contributed by atoms with van der Waals surface area (Å²) in [5.74, 6) is 0.376. The van der Waals surface area contributed by atoms with Gasteiger partial charge in [-0.05, 0) is 70.8 Å². The maximum Gasteiger partial charge on any atom is 0.422 e. The van der Waals surface area contributed by atoms with Crippen LogP contribution in [0.3, 0.4) is 0 Å². The first-order valence-corrected chi connectivity index (χ1v) is 10.1. The lowest BCUT2D eigenvalue weighted by molar-refractivity contribution is 0.0967. The van der Waals surface area contributed by atoms with E-state index >= 15 is 0 Å². The van der Waals surface area contributed by atoms with Gasteiger partial charge in [0.2, 0.25) is 0 Å². The van der Waals surface area contributed by atoms with Gasteiger partial charge in [0.25, 0.3) is 0 Å². The number of rotatable bonds is 6. The van der Waals surface area contributed by atoms with Crippen LogP contribution in [0.15, 0.2) is 29.1 Å². The molecule has 0 N–H and O–H groups in total. The molecule has 2 aromatic rings. The maximum absolute atomic E-state index is 12.8.